The summed E-state index contributed by atoms with van der Waals surface area (Å²) in [7, 11) is 8.00. The Morgan fingerprint density at radius 3 is 1.12 bits per heavy atom. The summed E-state index contributed by atoms with van der Waals surface area (Å²) in [4.78, 5) is 44.3. The third kappa shape index (κ3) is 23.6. The number of hydrogen-bond donors (Lipinski definition) is 3. The van der Waals surface area contributed by atoms with E-state index >= 15 is 0 Å². The molecule has 0 atom stereocenters. The fourth-order valence-corrected chi connectivity index (χ4v) is 9.56. The number of nitrogens with zero attached hydrogens (tertiary/aromatic N) is 13. The van der Waals surface area contributed by atoms with Crippen molar-refractivity contribution in [1.82, 2.24) is 77.7 Å². The van der Waals surface area contributed by atoms with Crippen LogP contribution in [0.3, 0.4) is 0 Å². The van der Waals surface area contributed by atoms with Crippen LogP contribution in [0.15, 0.2) is 18.6 Å². The molecule has 0 aliphatic heterocycles. The molecule has 18 heteroatoms. The summed E-state index contributed by atoms with van der Waals surface area (Å²) in [6.45, 7) is 59.8. The summed E-state index contributed by atoms with van der Waals surface area (Å²) in [6, 6.07) is 0. The Morgan fingerprint density at radius 2 is 0.893 bits per heavy atom. The van der Waals surface area contributed by atoms with Crippen LogP contribution in [0, 0.1) is 69.2 Å². The average Bonchev–Trinajstić information content (AvgIpc) is 4.48. The van der Waals surface area contributed by atoms with E-state index in [-0.39, 0.29) is 0 Å². The van der Waals surface area contributed by atoms with Crippen molar-refractivity contribution in [3.05, 3.63) is 138 Å². The lowest BCUT2D eigenvalue weighted by Crippen LogP contribution is -1.99. The van der Waals surface area contributed by atoms with E-state index in [1.807, 2.05) is 84.9 Å². The summed E-state index contributed by atoms with van der Waals surface area (Å²) < 4.78 is 10.3. The van der Waals surface area contributed by atoms with Crippen molar-refractivity contribution in [3.63, 3.8) is 0 Å². The highest BCUT2D eigenvalue weighted by atomic mass is 35.5. The van der Waals surface area contributed by atoms with E-state index in [0.29, 0.717) is 52.5 Å². The molecule has 8 aromatic rings. The van der Waals surface area contributed by atoms with Crippen LogP contribution < -0.4 is 0 Å². The van der Waals surface area contributed by atoms with Crippen LogP contribution in [-0.2, 0) is 41.2 Å². The van der Waals surface area contributed by atoms with Gasteiger partial charge in [0.05, 0.1) is 39.9 Å². The minimum atomic E-state index is 0.405. The van der Waals surface area contributed by atoms with Crippen molar-refractivity contribution in [2.45, 2.75) is 254 Å². The first kappa shape index (κ1) is 76.3. The van der Waals surface area contributed by atoms with Crippen LogP contribution in [-0.4, -0.2) is 77.7 Å². The van der Waals surface area contributed by atoms with Crippen molar-refractivity contribution in [2.24, 2.45) is 28.2 Å². The molecule has 0 bridgehead atoms. The van der Waals surface area contributed by atoms with Crippen LogP contribution in [0.5, 0.6) is 0 Å². The highest BCUT2D eigenvalue weighted by Gasteiger charge is 2.15. The zero-order chi connectivity index (χ0) is 64.9. The van der Waals surface area contributed by atoms with E-state index in [1.54, 1.807) is 0 Å². The summed E-state index contributed by atoms with van der Waals surface area (Å²) in [5, 5.41) is 1.40. The molecule has 0 fully saturated rings. The van der Waals surface area contributed by atoms with Gasteiger partial charge in [-0.05, 0) is 130 Å². The Bertz CT molecular complexity index is 3070. The molecule has 0 radical (unpaired) electrons. The summed E-state index contributed by atoms with van der Waals surface area (Å²) in [6.07, 6.45) is 7.16. The van der Waals surface area contributed by atoms with Gasteiger partial charge in [-0.2, -0.15) is 0 Å². The molecule has 0 aliphatic carbocycles. The normalized spacial score (nSPS) is 11.0. The topological polar surface area (TPSA) is 175 Å². The Balaban J connectivity index is 0.000000480. The first-order valence-electron chi connectivity index (χ1n) is 30.3. The highest BCUT2D eigenvalue weighted by Crippen LogP contribution is 2.25. The average molecular weight is 1200 g/mol. The van der Waals surface area contributed by atoms with E-state index in [2.05, 4.69) is 233 Å². The molecule has 0 aliphatic rings. The maximum atomic E-state index is 6.01. The Morgan fingerprint density at radius 1 is 0.429 bits per heavy atom. The predicted octanol–water partition coefficient (Wildman–Crippen LogP) is 17.8. The lowest BCUT2D eigenvalue weighted by Gasteiger charge is -2.06. The van der Waals surface area contributed by atoms with E-state index in [4.69, 9.17) is 23.2 Å². The van der Waals surface area contributed by atoms with Gasteiger partial charge in [-0.3, -0.25) is 0 Å². The van der Waals surface area contributed by atoms with E-state index in [1.165, 1.54) is 51.2 Å². The second kappa shape index (κ2) is 35.7. The molecule has 3 N–H and O–H groups in total. The number of nitrogens with one attached hydrogen (secondary N) is 3. The van der Waals surface area contributed by atoms with Crippen LogP contribution in [0.1, 0.15) is 281 Å². The second-order valence-electron chi connectivity index (χ2n) is 24.3. The zero-order valence-corrected chi connectivity index (χ0v) is 59.8. The maximum Gasteiger partial charge on any atom is 0.150 e. The third-order valence-electron chi connectivity index (χ3n) is 14.3. The van der Waals surface area contributed by atoms with Crippen molar-refractivity contribution in [1.29, 1.82) is 0 Å². The largest absolute Gasteiger partial charge is 0.346 e. The lowest BCUT2D eigenvalue weighted by atomic mass is 10.1. The fourth-order valence-electron chi connectivity index (χ4n) is 8.71. The van der Waals surface area contributed by atoms with Crippen molar-refractivity contribution < 1.29 is 0 Å². The van der Waals surface area contributed by atoms with Gasteiger partial charge in [0.15, 0.2) is 5.15 Å². The van der Waals surface area contributed by atoms with E-state index in [9.17, 15) is 0 Å². The molecule has 84 heavy (non-hydrogen) atoms. The Labute approximate surface area is 518 Å². The molecule has 0 aromatic carbocycles. The van der Waals surface area contributed by atoms with Crippen molar-refractivity contribution in [2.75, 3.05) is 0 Å². The first-order chi connectivity index (χ1) is 38.8. The van der Waals surface area contributed by atoms with Crippen molar-refractivity contribution >= 4 is 23.2 Å². The van der Waals surface area contributed by atoms with E-state index < -0.39 is 0 Å². The van der Waals surface area contributed by atoms with E-state index in [0.717, 1.165) is 76.1 Å². The second-order valence-corrected chi connectivity index (χ2v) is 25.0. The minimum Gasteiger partial charge on any atom is -0.346 e. The molecule has 8 aromatic heterocycles. The van der Waals surface area contributed by atoms with Gasteiger partial charge in [-0.1, -0.05) is 141 Å². The van der Waals surface area contributed by atoms with Gasteiger partial charge in [-0.15, -0.1) is 0 Å². The monoisotopic (exact) mass is 1200 g/mol. The van der Waals surface area contributed by atoms with Crippen LogP contribution in [0.25, 0.3) is 0 Å². The number of imidazole rings is 8. The molecule has 0 saturated carbocycles. The number of aromatic amines is 3. The number of hydrogen-bond acceptors (Lipinski definition) is 8. The molecule has 0 spiro atoms. The quantitative estimate of drug-likeness (QED) is 0.121. The minimum absolute atomic E-state index is 0.405. The Kier molecular flexibility index (Phi) is 32.4. The van der Waals surface area contributed by atoms with Gasteiger partial charge in [0, 0.05) is 76.1 Å². The van der Waals surface area contributed by atoms with Crippen LogP contribution in [0.2, 0.25) is 10.3 Å². The molecular formula is C66H114Cl2N16. The molecular weight excluding hydrogens is 1090 g/mol. The van der Waals surface area contributed by atoms with Gasteiger partial charge in [0.25, 0.3) is 0 Å². The van der Waals surface area contributed by atoms with Crippen LogP contribution in [0.4, 0.5) is 0 Å². The molecule has 0 saturated heterocycles. The van der Waals surface area contributed by atoms with Gasteiger partial charge >= 0.3 is 0 Å². The highest BCUT2D eigenvalue weighted by molar-refractivity contribution is 6.30. The maximum absolute atomic E-state index is 6.01. The van der Waals surface area contributed by atoms with Gasteiger partial charge < -0.3 is 37.8 Å². The van der Waals surface area contributed by atoms with Crippen molar-refractivity contribution in [3.8, 4) is 0 Å². The van der Waals surface area contributed by atoms with Crippen LogP contribution >= 0.6 is 23.2 Å². The summed E-state index contributed by atoms with van der Waals surface area (Å²) in [5.41, 5.74) is 13.1. The number of aryl methyl sites for hydroxylation is 12. The number of halogens is 2. The first-order valence-corrected chi connectivity index (χ1v) is 31.1. The van der Waals surface area contributed by atoms with Gasteiger partial charge in [0.2, 0.25) is 0 Å². The smallest absolute Gasteiger partial charge is 0.150 e. The lowest BCUT2D eigenvalue weighted by molar-refractivity contribution is 0.724. The summed E-state index contributed by atoms with van der Waals surface area (Å²) in [5.74, 6) is 12.4. The molecule has 0 amide bonds. The molecule has 0 unspecified atom stereocenters. The third-order valence-corrected chi connectivity index (χ3v) is 15.0. The molecule has 16 nitrogen and oxygen atoms in total. The zero-order valence-electron chi connectivity index (χ0n) is 58.3. The SMILES string of the molecule is CCc1[nH]c(C)nc1C(C)C.CCn1cc(C(C)C)nc1C.Cc1nc(C(C)C)c(C)[nH]1.Cc1nc(C(C)C)c(C)n1C.Cc1nc(C(C)C)c(Cl)n1C.Cc1nc(C(C)C)cn1C.Cc1nc(Cl)c(C(C)C)n1C.Cc1ncc(C(C)C)[nH]1. The molecule has 8 heterocycles. The molecule has 8 rings (SSSR count). The standard InChI is InChI=1S/3C9H16N2.2C8H13ClN2.2C8H14N2.C7H12N2/c1-6(2)9-7(3)11(5)8(4)10-9;1-5-11-6-9(7(2)3)10-8(11)4;1-5-8-9(6(2)3)11-7(4)10-8;1-5(2)7-8(9)10-6(3)11(7)4;1-5(2)7-8(9)11(4)6(3)10-7;1-6(2)8-5-10(4)7(3)9-8;1-5(2)8-6(3)9-7(4)10-8;1-5(2)7-4-8-6(3)9-7/h6H,1-5H3;6-7H,5H2,1-4H3;6H,5H2,1-4H3,(H,10,11);2*5H,1-4H3;5-6H,1-4H3;5H,1-4H3,(H,9,10);4-5H,1-3H3,(H,8,9). The molecule has 472 valence electrons. The number of H-pyrrole nitrogens is 3. The van der Waals surface area contributed by atoms with Gasteiger partial charge in [0.1, 0.15) is 51.7 Å². The predicted molar refractivity (Wildman–Crippen MR) is 356 cm³/mol. The number of rotatable bonds is 10. The Hall–Kier alpha value is -5.74. The number of aromatic nitrogens is 16. The summed E-state index contributed by atoms with van der Waals surface area (Å²) >= 11 is 11.9. The fraction of sp³-hybridized carbons (Fsp3) is 0.636. The van der Waals surface area contributed by atoms with Gasteiger partial charge in [-0.25, -0.2) is 39.9 Å².